The molecule has 9 heteroatoms. The number of fused-ring (bicyclic) bond motifs is 1. The molecule has 192 valence electrons. The van der Waals surface area contributed by atoms with Crippen LogP contribution in [-0.4, -0.2) is 34.7 Å². The summed E-state index contributed by atoms with van der Waals surface area (Å²) in [5.41, 5.74) is 8.78. The number of alkyl halides is 3. The molecule has 2 aromatic rings. The maximum absolute atomic E-state index is 12.4. The molecule has 2 aromatic carbocycles. The van der Waals surface area contributed by atoms with Crippen molar-refractivity contribution in [3.63, 3.8) is 0 Å². The molecular weight excluding hydrogens is 475 g/mol. The molecule has 3 N–H and O–H groups in total. The molecule has 0 spiro atoms. The third kappa shape index (κ3) is 9.05. The van der Waals surface area contributed by atoms with Gasteiger partial charge in [0.1, 0.15) is 11.0 Å². The highest BCUT2D eigenvalue weighted by Gasteiger charge is 2.30. The number of carbonyl (C=O) groups excluding carboxylic acids is 1. The van der Waals surface area contributed by atoms with E-state index in [-0.39, 0.29) is 17.9 Å². The Balaban J connectivity index is 0.000000196. The van der Waals surface area contributed by atoms with Crippen LogP contribution in [0.5, 0.6) is 0 Å². The molecule has 0 radical (unpaired) electrons. The fraction of sp³-hybridized carbons (Fsp3) is 0.500. The fourth-order valence-corrected chi connectivity index (χ4v) is 5.29. The average Bonchev–Trinajstić information content (AvgIpc) is 2.84. The third-order valence-corrected chi connectivity index (χ3v) is 7.40. The summed E-state index contributed by atoms with van der Waals surface area (Å²) in [5.74, 6) is -0.580. The van der Waals surface area contributed by atoms with Gasteiger partial charge < -0.3 is 5.73 Å². The Kier molecular flexibility index (Phi) is 10.3. The Hall–Kier alpha value is -2.23. The van der Waals surface area contributed by atoms with Crippen molar-refractivity contribution in [2.75, 3.05) is 19.6 Å². The Morgan fingerprint density at radius 1 is 0.971 bits per heavy atom. The van der Waals surface area contributed by atoms with Gasteiger partial charge in [-0.2, -0.15) is 13.2 Å². The van der Waals surface area contributed by atoms with Gasteiger partial charge in [0.25, 0.3) is 0 Å². The molecule has 0 saturated carbocycles. The predicted octanol–water partition coefficient (Wildman–Crippen LogP) is 4.74. The van der Waals surface area contributed by atoms with E-state index in [2.05, 4.69) is 27.8 Å². The van der Waals surface area contributed by atoms with Crippen LogP contribution in [0.1, 0.15) is 60.8 Å². The first-order valence-corrected chi connectivity index (χ1v) is 13.3. The minimum atomic E-state index is -4.48. The molecule has 0 aromatic heterocycles. The molecule has 1 unspecified atom stereocenters. The van der Waals surface area contributed by atoms with Gasteiger partial charge in [0.05, 0.1) is 10.5 Å². The van der Waals surface area contributed by atoms with E-state index in [1.54, 1.807) is 11.1 Å². The zero-order valence-electron chi connectivity index (χ0n) is 19.9. The summed E-state index contributed by atoms with van der Waals surface area (Å²) in [6, 6.07) is 11.4. The van der Waals surface area contributed by atoms with Crippen molar-refractivity contribution in [1.29, 1.82) is 0 Å². The van der Waals surface area contributed by atoms with Crippen molar-refractivity contribution in [2.45, 2.75) is 69.0 Å². The number of primary amides is 1. The SMILES string of the molecule is NC(=O)CCNS(=O)c1cccc(C(F)(F)F)c1.c1cc2c(cc1CN1CCCCC1)CCCC2. The van der Waals surface area contributed by atoms with Crippen LogP contribution < -0.4 is 10.5 Å². The number of nitrogens with one attached hydrogen (secondary N) is 1. The van der Waals surface area contributed by atoms with E-state index in [1.807, 2.05) is 0 Å². The molecule has 0 bridgehead atoms. The Bertz CT molecular complexity index is 1010. The van der Waals surface area contributed by atoms with Gasteiger partial charge in [-0.15, -0.1) is 0 Å². The van der Waals surface area contributed by atoms with Crippen molar-refractivity contribution in [3.05, 3.63) is 64.7 Å². The summed E-state index contributed by atoms with van der Waals surface area (Å²) in [5, 5.41) is 0. The molecule has 5 nitrogen and oxygen atoms in total. The second-order valence-corrected chi connectivity index (χ2v) is 10.3. The summed E-state index contributed by atoms with van der Waals surface area (Å²) in [6.07, 6.45) is 5.09. The highest BCUT2D eigenvalue weighted by atomic mass is 32.2. The number of hydrogen-bond donors (Lipinski definition) is 2. The molecule has 35 heavy (non-hydrogen) atoms. The van der Waals surface area contributed by atoms with Gasteiger partial charge in [-0.3, -0.25) is 9.69 Å². The predicted molar refractivity (Wildman–Crippen MR) is 132 cm³/mol. The van der Waals surface area contributed by atoms with Crippen molar-refractivity contribution in [3.8, 4) is 0 Å². The molecule has 1 aliphatic carbocycles. The third-order valence-electron chi connectivity index (χ3n) is 6.25. The molecule has 2 aliphatic rings. The molecule has 1 aliphatic heterocycles. The first kappa shape index (κ1) is 27.4. The number of nitrogens with zero attached hydrogens (tertiary/aromatic N) is 1. The minimum absolute atomic E-state index is 0.00528. The lowest BCUT2D eigenvalue weighted by Gasteiger charge is -2.27. The van der Waals surface area contributed by atoms with Crippen LogP contribution >= 0.6 is 0 Å². The number of benzene rings is 2. The molecule has 1 heterocycles. The van der Waals surface area contributed by atoms with Crippen LogP contribution in [0, 0.1) is 0 Å². The average molecular weight is 510 g/mol. The number of hydrogen-bond acceptors (Lipinski definition) is 3. The van der Waals surface area contributed by atoms with Gasteiger partial charge in [-0.25, -0.2) is 8.93 Å². The van der Waals surface area contributed by atoms with E-state index in [0.29, 0.717) is 0 Å². The standard InChI is InChI=1S/C16H23N.C10H11F3N2O2S/c1-4-10-17(11-5-1)13-14-8-9-15-6-2-3-7-16(15)12-14;11-10(12,13)7-2-1-3-8(6-7)18(17)15-5-4-9(14)16/h8-9,12H,1-7,10-11,13H2;1-3,6,15H,4-5H2,(H2,14,16). The number of amides is 1. The summed E-state index contributed by atoms with van der Waals surface area (Å²) in [6.45, 7) is 3.82. The van der Waals surface area contributed by atoms with Crippen molar-refractivity contribution < 1.29 is 22.2 Å². The fourth-order valence-electron chi connectivity index (χ4n) is 4.40. The topological polar surface area (TPSA) is 75.4 Å². The zero-order valence-corrected chi connectivity index (χ0v) is 20.7. The lowest BCUT2D eigenvalue weighted by Crippen LogP contribution is -2.29. The first-order chi connectivity index (χ1) is 16.7. The van der Waals surface area contributed by atoms with Crippen LogP contribution in [0.15, 0.2) is 47.4 Å². The highest BCUT2D eigenvalue weighted by Crippen LogP contribution is 2.30. The summed E-state index contributed by atoms with van der Waals surface area (Å²) in [4.78, 5) is 13.1. The Morgan fingerprint density at radius 3 is 2.37 bits per heavy atom. The summed E-state index contributed by atoms with van der Waals surface area (Å²) >= 11 is 0. The highest BCUT2D eigenvalue weighted by molar-refractivity contribution is 7.83. The van der Waals surface area contributed by atoms with Crippen LogP contribution in [0.3, 0.4) is 0 Å². The lowest BCUT2D eigenvalue weighted by molar-refractivity contribution is -0.137. The van der Waals surface area contributed by atoms with E-state index in [1.165, 1.54) is 82.3 Å². The number of halogens is 3. The lowest BCUT2D eigenvalue weighted by atomic mass is 9.90. The quantitative estimate of drug-likeness (QED) is 0.566. The maximum Gasteiger partial charge on any atom is 0.416 e. The number of rotatable bonds is 7. The largest absolute Gasteiger partial charge is 0.416 e. The van der Waals surface area contributed by atoms with Gasteiger partial charge in [-0.05, 0) is 86.5 Å². The smallest absolute Gasteiger partial charge is 0.370 e. The Labute approximate surface area is 207 Å². The van der Waals surface area contributed by atoms with Gasteiger partial charge in [0.15, 0.2) is 0 Å². The van der Waals surface area contributed by atoms with Gasteiger partial charge in [0, 0.05) is 19.5 Å². The number of carbonyl (C=O) groups is 1. The van der Waals surface area contributed by atoms with Crippen molar-refractivity contribution >= 4 is 16.9 Å². The molecule has 1 saturated heterocycles. The second kappa shape index (κ2) is 13.2. The zero-order chi connectivity index (χ0) is 25.3. The van der Waals surface area contributed by atoms with Crippen LogP contribution in [0.2, 0.25) is 0 Å². The van der Waals surface area contributed by atoms with E-state index in [0.717, 1.165) is 12.1 Å². The van der Waals surface area contributed by atoms with E-state index < -0.39 is 28.6 Å². The number of nitrogens with two attached hydrogens (primary N) is 1. The van der Waals surface area contributed by atoms with E-state index in [4.69, 9.17) is 5.73 Å². The summed E-state index contributed by atoms with van der Waals surface area (Å²) in [7, 11) is -1.80. The molecule has 1 amide bonds. The van der Waals surface area contributed by atoms with E-state index >= 15 is 0 Å². The minimum Gasteiger partial charge on any atom is -0.370 e. The second-order valence-electron chi connectivity index (χ2n) is 9.05. The van der Waals surface area contributed by atoms with Crippen LogP contribution in [-0.2, 0) is 41.3 Å². The van der Waals surface area contributed by atoms with Crippen LogP contribution in [0.4, 0.5) is 13.2 Å². The normalized spacial score (nSPS) is 17.1. The van der Waals surface area contributed by atoms with Crippen molar-refractivity contribution in [2.24, 2.45) is 5.73 Å². The van der Waals surface area contributed by atoms with Gasteiger partial charge in [0.2, 0.25) is 5.91 Å². The first-order valence-electron chi connectivity index (χ1n) is 12.2. The van der Waals surface area contributed by atoms with Crippen LogP contribution in [0.25, 0.3) is 0 Å². The summed E-state index contributed by atoms with van der Waals surface area (Å²) < 4.78 is 51.2. The van der Waals surface area contributed by atoms with E-state index in [9.17, 15) is 22.2 Å². The molecule has 1 fully saturated rings. The van der Waals surface area contributed by atoms with Gasteiger partial charge in [-0.1, -0.05) is 30.7 Å². The van der Waals surface area contributed by atoms with Crippen molar-refractivity contribution in [1.82, 2.24) is 9.62 Å². The molecule has 4 rings (SSSR count). The number of aryl methyl sites for hydroxylation is 2. The maximum atomic E-state index is 12.4. The number of likely N-dealkylation sites (tertiary alicyclic amines) is 1. The van der Waals surface area contributed by atoms with Gasteiger partial charge >= 0.3 is 6.18 Å². The molecule has 1 atom stereocenters. The molecular formula is C26H34F3N3O2S. The Morgan fingerprint density at radius 2 is 1.69 bits per heavy atom. The number of piperidine rings is 1. The monoisotopic (exact) mass is 509 g/mol.